The molecule has 4 heteroatoms. The zero-order valence-corrected chi connectivity index (χ0v) is 10.1. The molecule has 1 aliphatic carbocycles. The Morgan fingerprint density at radius 3 is 2.75 bits per heavy atom. The summed E-state index contributed by atoms with van der Waals surface area (Å²) in [4.78, 5) is 13.6. The summed E-state index contributed by atoms with van der Waals surface area (Å²) >= 11 is 0. The minimum Gasteiger partial charge on any atom is -0.480 e. The predicted molar refractivity (Wildman–Crippen MR) is 60.4 cm³/mol. The van der Waals surface area contributed by atoms with E-state index in [1.54, 1.807) is 0 Å². The van der Waals surface area contributed by atoms with Gasteiger partial charge in [-0.2, -0.15) is 0 Å². The maximum atomic E-state index is 11.5. The monoisotopic (exact) mass is 227 g/mol. The molecule has 1 aliphatic heterocycles. The zero-order valence-electron chi connectivity index (χ0n) is 10.1. The zero-order chi connectivity index (χ0) is 11.8. The summed E-state index contributed by atoms with van der Waals surface area (Å²) in [5, 5.41) is 9.47. The van der Waals surface area contributed by atoms with E-state index in [1.165, 1.54) is 0 Å². The maximum absolute atomic E-state index is 11.5. The van der Waals surface area contributed by atoms with Crippen molar-refractivity contribution >= 4 is 5.97 Å². The molecule has 2 aliphatic rings. The number of rotatable bonds is 4. The lowest BCUT2D eigenvalue weighted by Gasteiger charge is -2.43. The van der Waals surface area contributed by atoms with E-state index in [9.17, 15) is 9.90 Å². The van der Waals surface area contributed by atoms with Crippen LogP contribution in [0.5, 0.6) is 0 Å². The molecule has 0 radical (unpaired) electrons. The van der Waals surface area contributed by atoms with Crippen LogP contribution in [0.3, 0.4) is 0 Å². The number of carboxylic acid groups (broad SMARTS) is 1. The highest BCUT2D eigenvalue weighted by atomic mass is 16.5. The molecule has 1 N–H and O–H groups in total. The fraction of sp³-hybridized carbons (Fsp3) is 0.917. The molecule has 2 atom stereocenters. The van der Waals surface area contributed by atoms with E-state index in [0.29, 0.717) is 12.5 Å². The van der Waals surface area contributed by atoms with Crippen LogP contribution in [0.4, 0.5) is 0 Å². The summed E-state index contributed by atoms with van der Waals surface area (Å²) in [5.74, 6) is -0.340. The molecular formula is C12H21NO3. The van der Waals surface area contributed by atoms with Crippen molar-refractivity contribution < 1.29 is 14.6 Å². The number of aliphatic carboxylic acids is 1. The second-order valence-corrected chi connectivity index (χ2v) is 5.07. The second kappa shape index (κ2) is 4.34. The molecule has 1 saturated heterocycles. The van der Waals surface area contributed by atoms with E-state index in [4.69, 9.17) is 4.74 Å². The van der Waals surface area contributed by atoms with Crippen molar-refractivity contribution in [1.29, 1.82) is 0 Å². The van der Waals surface area contributed by atoms with E-state index in [0.717, 1.165) is 32.4 Å². The fourth-order valence-electron chi connectivity index (χ4n) is 2.60. The van der Waals surface area contributed by atoms with Crippen molar-refractivity contribution in [3.8, 4) is 0 Å². The van der Waals surface area contributed by atoms with Gasteiger partial charge in [0.05, 0.1) is 12.7 Å². The van der Waals surface area contributed by atoms with Gasteiger partial charge in [-0.05, 0) is 32.1 Å². The number of nitrogens with zero attached hydrogens (tertiary/aromatic N) is 1. The predicted octanol–water partition coefficient (Wildman–Crippen LogP) is 1.35. The van der Waals surface area contributed by atoms with Crippen LogP contribution in [-0.4, -0.2) is 47.3 Å². The van der Waals surface area contributed by atoms with E-state index in [-0.39, 0.29) is 6.10 Å². The first-order valence-corrected chi connectivity index (χ1v) is 6.19. The fourth-order valence-corrected chi connectivity index (χ4v) is 2.60. The maximum Gasteiger partial charge on any atom is 0.324 e. The lowest BCUT2D eigenvalue weighted by molar-refractivity contribution is -0.158. The first kappa shape index (κ1) is 11.9. The Kier molecular flexibility index (Phi) is 3.22. The number of carbonyl (C=O) groups is 1. The number of carboxylic acids is 1. The lowest BCUT2D eigenvalue weighted by Crippen LogP contribution is -2.59. The second-order valence-electron chi connectivity index (χ2n) is 5.07. The average Bonchev–Trinajstić information content (AvgIpc) is 3.12. The van der Waals surface area contributed by atoms with E-state index in [2.05, 4.69) is 11.8 Å². The molecule has 2 rings (SSSR count). The molecule has 2 fully saturated rings. The van der Waals surface area contributed by atoms with Gasteiger partial charge in [-0.1, -0.05) is 6.92 Å². The van der Waals surface area contributed by atoms with Crippen LogP contribution in [0.2, 0.25) is 0 Å². The van der Waals surface area contributed by atoms with Gasteiger partial charge in [-0.15, -0.1) is 0 Å². The van der Waals surface area contributed by atoms with Crippen LogP contribution in [0.15, 0.2) is 0 Å². The van der Waals surface area contributed by atoms with Crippen molar-refractivity contribution in [1.82, 2.24) is 4.90 Å². The Bertz CT molecular complexity index is 277. The molecule has 16 heavy (non-hydrogen) atoms. The van der Waals surface area contributed by atoms with Crippen molar-refractivity contribution in [2.75, 3.05) is 19.7 Å². The highest BCUT2D eigenvalue weighted by molar-refractivity contribution is 5.79. The topological polar surface area (TPSA) is 49.8 Å². The van der Waals surface area contributed by atoms with Crippen LogP contribution < -0.4 is 0 Å². The molecule has 92 valence electrons. The van der Waals surface area contributed by atoms with Gasteiger partial charge in [0, 0.05) is 13.1 Å². The van der Waals surface area contributed by atoms with Crippen molar-refractivity contribution in [2.45, 2.75) is 44.8 Å². The SMILES string of the molecule is CCC1CN(C(C)(C(=O)O)C2CC2)CCO1. The van der Waals surface area contributed by atoms with Crippen LogP contribution in [0, 0.1) is 5.92 Å². The summed E-state index contributed by atoms with van der Waals surface area (Å²) in [5.41, 5.74) is -0.669. The largest absolute Gasteiger partial charge is 0.480 e. The van der Waals surface area contributed by atoms with Gasteiger partial charge >= 0.3 is 5.97 Å². The Morgan fingerprint density at radius 2 is 2.25 bits per heavy atom. The highest BCUT2D eigenvalue weighted by Crippen LogP contribution is 2.43. The van der Waals surface area contributed by atoms with Crippen LogP contribution in [0.25, 0.3) is 0 Å². The van der Waals surface area contributed by atoms with Gasteiger partial charge in [0.25, 0.3) is 0 Å². The molecule has 0 spiro atoms. The third-order valence-corrected chi connectivity index (χ3v) is 4.06. The van der Waals surface area contributed by atoms with Crippen molar-refractivity contribution in [2.24, 2.45) is 5.92 Å². The lowest BCUT2D eigenvalue weighted by atomic mass is 9.92. The Labute approximate surface area is 96.6 Å². The number of ether oxygens (including phenoxy) is 1. The third-order valence-electron chi connectivity index (χ3n) is 4.06. The molecular weight excluding hydrogens is 206 g/mol. The number of hydrogen-bond donors (Lipinski definition) is 1. The third kappa shape index (κ3) is 1.96. The quantitative estimate of drug-likeness (QED) is 0.787. The van der Waals surface area contributed by atoms with Gasteiger partial charge in [0.15, 0.2) is 0 Å². The van der Waals surface area contributed by atoms with Crippen molar-refractivity contribution in [3.05, 3.63) is 0 Å². The van der Waals surface area contributed by atoms with E-state index < -0.39 is 11.5 Å². The smallest absolute Gasteiger partial charge is 0.324 e. The Hall–Kier alpha value is -0.610. The first-order chi connectivity index (χ1) is 7.59. The van der Waals surface area contributed by atoms with E-state index in [1.807, 2.05) is 6.92 Å². The highest BCUT2D eigenvalue weighted by Gasteiger charge is 2.52. The summed E-state index contributed by atoms with van der Waals surface area (Å²) in [6.07, 6.45) is 3.26. The minimum atomic E-state index is -0.674. The molecule has 0 aromatic heterocycles. The van der Waals surface area contributed by atoms with Gasteiger partial charge in [0.1, 0.15) is 5.54 Å². The summed E-state index contributed by atoms with van der Waals surface area (Å²) in [6, 6.07) is 0. The summed E-state index contributed by atoms with van der Waals surface area (Å²) in [7, 11) is 0. The molecule has 0 amide bonds. The van der Waals surface area contributed by atoms with Gasteiger partial charge < -0.3 is 9.84 Å². The number of hydrogen-bond acceptors (Lipinski definition) is 3. The van der Waals surface area contributed by atoms with Gasteiger partial charge in [-0.3, -0.25) is 9.69 Å². The molecule has 1 saturated carbocycles. The van der Waals surface area contributed by atoms with Crippen LogP contribution in [0.1, 0.15) is 33.1 Å². The normalized spacial score (nSPS) is 31.0. The van der Waals surface area contributed by atoms with Crippen LogP contribution in [-0.2, 0) is 9.53 Å². The molecule has 0 bridgehead atoms. The summed E-state index contributed by atoms with van der Waals surface area (Å²) in [6.45, 7) is 6.13. The number of morpholine rings is 1. The van der Waals surface area contributed by atoms with Crippen molar-refractivity contribution in [3.63, 3.8) is 0 Å². The van der Waals surface area contributed by atoms with Crippen LogP contribution >= 0.6 is 0 Å². The van der Waals surface area contributed by atoms with Gasteiger partial charge in [0.2, 0.25) is 0 Å². The Morgan fingerprint density at radius 1 is 1.56 bits per heavy atom. The Balaban J connectivity index is 2.10. The van der Waals surface area contributed by atoms with Gasteiger partial charge in [-0.25, -0.2) is 0 Å². The molecule has 1 heterocycles. The molecule has 0 aromatic rings. The average molecular weight is 227 g/mol. The first-order valence-electron chi connectivity index (χ1n) is 6.19. The minimum absolute atomic E-state index is 0.200. The van der Waals surface area contributed by atoms with E-state index >= 15 is 0 Å². The molecule has 2 unspecified atom stereocenters. The molecule has 4 nitrogen and oxygen atoms in total. The summed E-state index contributed by atoms with van der Waals surface area (Å²) < 4.78 is 5.60. The standard InChI is InChI=1S/C12H21NO3/c1-3-10-8-13(6-7-16-10)12(2,11(14)15)9-4-5-9/h9-10H,3-8H2,1-2H3,(H,14,15). The molecule has 0 aromatic carbocycles.